The van der Waals surface area contributed by atoms with Gasteiger partial charge in [-0.15, -0.1) is 0 Å². The van der Waals surface area contributed by atoms with E-state index < -0.39 is 5.82 Å². The van der Waals surface area contributed by atoms with E-state index in [2.05, 4.69) is 10.4 Å². The van der Waals surface area contributed by atoms with E-state index in [1.807, 2.05) is 0 Å². The quantitative estimate of drug-likeness (QED) is 0.581. The monoisotopic (exact) mass is 207 g/mol. The number of nitrogens with two attached hydrogens (primary N) is 1. The summed E-state index contributed by atoms with van der Waals surface area (Å²) in [5, 5.41) is 0.798. The van der Waals surface area contributed by atoms with E-state index in [1.165, 1.54) is 13.2 Å². The lowest BCUT2D eigenvalue weighted by molar-refractivity contribution is 0.387. The predicted molar refractivity (Wildman–Crippen MR) is 56.1 cm³/mol. The number of benzene rings is 1. The summed E-state index contributed by atoms with van der Waals surface area (Å²) in [6, 6.07) is 6.41. The number of hydrogen-bond donors (Lipinski definition) is 2. The molecule has 0 radical (unpaired) electrons. The Hall–Kier alpha value is -1.88. The van der Waals surface area contributed by atoms with E-state index in [4.69, 9.17) is 10.6 Å². The number of anilines is 1. The molecule has 4 nitrogen and oxygen atoms in total. The van der Waals surface area contributed by atoms with Crippen LogP contribution in [-0.2, 0) is 0 Å². The van der Waals surface area contributed by atoms with Crippen LogP contribution in [-0.4, -0.2) is 12.1 Å². The molecule has 15 heavy (non-hydrogen) atoms. The first-order valence-corrected chi connectivity index (χ1v) is 4.35. The third kappa shape index (κ3) is 1.69. The van der Waals surface area contributed by atoms with Gasteiger partial charge in [-0.25, -0.2) is 15.2 Å². The van der Waals surface area contributed by atoms with Gasteiger partial charge in [0.15, 0.2) is 11.6 Å². The van der Waals surface area contributed by atoms with Gasteiger partial charge in [-0.1, -0.05) is 0 Å². The molecule has 1 heterocycles. The standard InChI is InChI=1S/C10H10FN3O/c1-15-9-4-6-2-3-10(14-12)13-8(6)5-7(9)11/h2-5H,12H2,1H3,(H,13,14). The number of fused-ring (bicyclic) bond motifs is 1. The lowest BCUT2D eigenvalue weighted by atomic mass is 10.2. The summed E-state index contributed by atoms with van der Waals surface area (Å²) in [5.41, 5.74) is 2.93. The molecule has 0 saturated carbocycles. The van der Waals surface area contributed by atoms with Crippen molar-refractivity contribution in [2.24, 2.45) is 5.84 Å². The minimum atomic E-state index is -0.438. The number of nitrogens with zero attached hydrogens (tertiary/aromatic N) is 1. The number of hydrogen-bond acceptors (Lipinski definition) is 4. The molecule has 5 heteroatoms. The van der Waals surface area contributed by atoms with Crippen LogP contribution in [0.2, 0.25) is 0 Å². The average Bonchev–Trinajstić information content (AvgIpc) is 2.27. The van der Waals surface area contributed by atoms with Gasteiger partial charge in [-0.05, 0) is 18.2 Å². The molecular weight excluding hydrogens is 197 g/mol. The topological polar surface area (TPSA) is 60.2 Å². The van der Waals surface area contributed by atoms with Crippen molar-refractivity contribution in [3.05, 3.63) is 30.1 Å². The maximum absolute atomic E-state index is 13.3. The van der Waals surface area contributed by atoms with Gasteiger partial charge in [0.1, 0.15) is 5.82 Å². The van der Waals surface area contributed by atoms with Crippen molar-refractivity contribution in [3.63, 3.8) is 0 Å². The molecule has 0 spiro atoms. The Morgan fingerprint density at radius 3 is 2.87 bits per heavy atom. The van der Waals surface area contributed by atoms with Crippen molar-refractivity contribution >= 4 is 16.7 Å². The highest BCUT2D eigenvalue weighted by atomic mass is 19.1. The van der Waals surface area contributed by atoms with Gasteiger partial charge in [0.25, 0.3) is 0 Å². The van der Waals surface area contributed by atoms with E-state index in [1.54, 1.807) is 18.2 Å². The molecule has 78 valence electrons. The predicted octanol–water partition coefficient (Wildman–Crippen LogP) is 1.67. The number of ether oxygens (including phenoxy) is 1. The van der Waals surface area contributed by atoms with E-state index in [9.17, 15) is 4.39 Å². The minimum absolute atomic E-state index is 0.206. The first-order chi connectivity index (χ1) is 7.24. The Morgan fingerprint density at radius 2 is 2.20 bits per heavy atom. The number of methoxy groups -OCH3 is 1. The van der Waals surface area contributed by atoms with Crippen LogP contribution in [0.25, 0.3) is 10.9 Å². The zero-order chi connectivity index (χ0) is 10.8. The summed E-state index contributed by atoms with van der Waals surface area (Å²) >= 11 is 0. The van der Waals surface area contributed by atoms with Gasteiger partial charge in [0, 0.05) is 11.5 Å². The molecule has 2 aromatic rings. The number of rotatable bonds is 2. The summed E-state index contributed by atoms with van der Waals surface area (Å²) < 4.78 is 18.2. The highest BCUT2D eigenvalue weighted by molar-refractivity contribution is 5.81. The molecule has 0 fully saturated rings. The molecule has 0 atom stereocenters. The smallest absolute Gasteiger partial charge is 0.167 e. The molecule has 0 unspecified atom stereocenters. The average molecular weight is 207 g/mol. The molecule has 0 saturated heterocycles. The highest BCUT2D eigenvalue weighted by Gasteiger charge is 2.05. The van der Waals surface area contributed by atoms with Crippen molar-refractivity contribution < 1.29 is 9.13 Å². The van der Waals surface area contributed by atoms with Crippen LogP contribution in [0.15, 0.2) is 24.3 Å². The second-order valence-corrected chi connectivity index (χ2v) is 3.02. The molecule has 0 bridgehead atoms. The Bertz CT molecular complexity index is 501. The molecule has 2 rings (SSSR count). The fourth-order valence-electron chi connectivity index (χ4n) is 1.36. The van der Waals surface area contributed by atoms with Crippen LogP contribution >= 0.6 is 0 Å². The van der Waals surface area contributed by atoms with E-state index in [0.29, 0.717) is 11.3 Å². The molecule has 1 aromatic heterocycles. The first kappa shape index (κ1) is 9.67. The fourth-order valence-corrected chi connectivity index (χ4v) is 1.36. The number of aromatic nitrogens is 1. The van der Waals surface area contributed by atoms with Crippen molar-refractivity contribution in [2.45, 2.75) is 0 Å². The maximum atomic E-state index is 13.3. The molecule has 0 aliphatic rings. The maximum Gasteiger partial charge on any atom is 0.167 e. The molecule has 1 aromatic carbocycles. The van der Waals surface area contributed by atoms with Crippen molar-refractivity contribution in [1.29, 1.82) is 0 Å². The number of nitrogens with one attached hydrogen (secondary N) is 1. The number of halogens is 1. The van der Waals surface area contributed by atoms with Gasteiger partial charge < -0.3 is 10.2 Å². The number of hydrazine groups is 1. The van der Waals surface area contributed by atoms with E-state index in [-0.39, 0.29) is 5.75 Å². The molecule has 3 N–H and O–H groups in total. The van der Waals surface area contributed by atoms with Gasteiger partial charge in [-0.2, -0.15) is 0 Å². The second kappa shape index (κ2) is 3.70. The molecule has 0 aliphatic heterocycles. The van der Waals surface area contributed by atoms with Crippen LogP contribution in [0.5, 0.6) is 5.75 Å². The summed E-state index contributed by atoms with van der Waals surface area (Å²) in [7, 11) is 1.42. The minimum Gasteiger partial charge on any atom is -0.494 e. The normalized spacial score (nSPS) is 10.3. The lowest BCUT2D eigenvalue weighted by Crippen LogP contribution is -2.08. The fraction of sp³-hybridized carbons (Fsp3) is 0.100. The highest BCUT2D eigenvalue weighted by Crippen LogP contribution is 2.24. The van der Waals surface area contributed by atoms with Gasteiger partial charge in [0.2, 0.25) is 0 Å². The van der Waals surface area contributed by atoms with Crippen molar-refractivity contribution in [1.82, 2.24) is 4.98 Å². The van der Waals surface area contributed by atoms with Gasteiger partial charge >= 0.3 is 0 Å². The van der Waals surface area contributed by atoms with Gasteiger partial charge in [-0.3, -0.25) is 0 Å². The molecule has 0 amide bonds. The van der Waals surface area contributed by atoms with Crippen LogP contribution in [0.1, 0.15) is 0 Å². The summed E-state index contributed by atoms with van der Waals surface area (Å²) in [6.45, 7) is 0. The molecular formula is C10H10FN3O. The SMILES string of the molecule is COc1cc2ccc(NN)nc2cc1F. The Kier molecular flexibility index (Phi) is 2.39. The number of nitrogen functional groups attached to an aromatic ring is 1. The first-order valence-electron chi connectivity index (χ1n) is 4.35. The van der Waals surface area contributed by atoms with E-state index >= 15 is 0 Å². The van der Waals surface area contributed by atoms with Crippen LogP contribution in [0.3, 0.4) is 0 Å². The van der Waals surface area contributed by atoms with Crippen molar-refractivity contribution in [3.8, 4) is 5.75 Å². The summed E-state index contributed by atoms with van der Waals surface area (Å²) in [4.78, 5) is 4.10. The summed E-state index contributed by atoms with van der Waals surface area (Å²) in [6.07, 6.45) is 0. The zero-order valence-electron chi connectivity index (χ0n) is 8.12. The van der Waals surface area contributed by atoms with E-state index in [0.717, 1.165) is 5.39 Å². The third-order valence-electron chi connectivity index (χ3n) is 2.11. The lowest BCUT2D eigenvalue weighted by Gasteiger charge is -2.05. The number of pyridine rings is 1. The van der Waals surface area contributed by atoms with Crippen LogP contribution in [0, 0.1) is 5.82 Å². The summed E-state index contributed by atoms with van der Waals surface area (Å²) in [5.74, 6) is 5.46. The Balaban J connectivity index is 2.65. The third-order valence-corrected chi connectivity index (χ3v) is 2.11. The Morgan fingerprint density at radius 1 is 1.40 bits per heavy atom. The molecule has 0 aliphatic carbocycles. The van der Waals surface area contributed by atoms with Crippen LogP contribution < -0.4 is 16.0 Å². The largest absolute Gasteiger partial charge is 0.494 e. The van der Waals surface area contributed by atoms with Crippen molar-refractivity contribution in [2.75, 3.05) is 12.5 Å². The zero-order valence-corrected chi connectivity index (χ0v) is 8.12. The van der Waals surface area contributed by atoms with Gasteiger partial charge in [0.05, 0.1) is 12.6 Å². The Labute approximate surface area is 85.8 Å². The van der Waals surface area contributed by atoms with Crippen LogP contribution in [0.4, 0.5) is 10.2 Å². The second-order valence-electron chi connectivity index (χ2n) is 3.02.